The van der Waals surface area contributed by atoms with Gasteiger partial charge in [0.05, 0.1) is 12.2 Å². The number of pyridine rings is 1. The molecule has 0 unspecified atom stereocenters. The van der Waals surface area contributed by atoms with Gasteiger partial charge in [-0.3, -0.25) is 4.98 Å². The van der Waals surface area contributed by atoms with E-state index in [4.69, 9.17) is 9.47 Å². The summed E-state index contributed by atoms with van der Waals surface area (Å²) in [5, 5.41) is 0. The first-order valence-electron chi connectivity index (χ1n) is 8.40. The molecule has 1 saturated heterocycles. The fourth-order valence-electron chi connectivity index (χ4n) is 4.40. The van der Waals surface area contributed by atoms with Crippen LogP contribution in [0.25, 0.3) is 0 Å². The average Bonchev–Trinajstić information content (AvgIpc) is 3.03. The molecular formula is C18H18F3NO3. The lowest BCUT2D eigenvalue weighted by molar-refractivity contribution is -0.142. The van der Waals surface area contributed by atoms with Crippen molar-refractivity contribution in [1.82, 2.24) is 4.98 Å². The first kappa shape index (κ1) is 16.6. The van der Waals surface area contributed by atoms with E-state index in [9.17, 15) is 18.0 Å². The predicted molar refractivity (Wildman–Crippen MR) is 81.2 cm³/mol. The van der Waals surface area contributed by atoms with E-state index in [-0.39, 0.29) is 30.5 Å². The van der Waals surface area contributed by atoms with Gasteiger partial charge in [0.2, 0.25) is 0 Å². The molecule has 25 heavy (non-hydrogen) atoms. The molecule has 2 aliphatic carbocycles. The summed E-state index contributed by atoms with van der Waals surface area (Å²) in [7, 11) is 0. The smallest absolute Gasteiger partial charge is 0.433 e. The Kier molecular flexibility index (Phi) is 3.68. The van der Waals surface area contributed by atoms with Gasteiger partial charge in [-0.25, -0.2) is 4.79 Å². The second-order valence-electron chi connectivity index (χ2n) is 7.09. The summed E-state index contributed by atoms with van der Waals surface area (Å²) < 4.78 is 49.5. The molecule has 1 aromatic rings. The molecule has 0 aromatic carbocycles. The van der Waals surface area contributed by atoms with Crippen molar-refractivity contribution in [2.24, 2.45) is 11.8 Å². The van der Waals surface area contributed by atoms with E-state index in [0.717, 1.165) is 25.3 Å². The number of allylic oxidation sites excluding steroid dienone is 1. The monoisotopic (exact) mass is 353 g/mol. The van der Waals surface area contributed by atoms with Crippen LogP contribution in [0.15, 0.2) is 30.0 Å². The molecule has 7 heteroatoms. The zero-order valence-electron chi connectivity index (χ0n) is 13.7. The quantitative estimate of drug-likeness (QED) is 0.778. The van der Waals surface area contributed by atoms with Gasteiger partial charge in [-0.2, -0.15) is 13.2 Å². The number of carbonyl (C=O) groups is 1. The Labute approximate surface area is 143 Å². The van der Waals surface area contributed by atoms with Gasteiger partial charge in [0, 0.05) is 6.20 Å². The van der Waals surface area contributed by atoms with Crippen LogP contribution in [-0.2, 0) is 27.1 Å². The summed E-state index contributed by atoms with van der Waals surface area (Å²) in [6.45, 7) is 2.16. The van der Waals surface area contributed by atoms with E-state index in [1.54, 1.807) is 0 Å². The normalized spacial score (nSPS) is 33.8. The Morgan fingerprint density at radius 1 is 1.36 bits per heavy atom. The molecule has 1 saturated carbocycles. The molecule has 0 bridgehead atoms. The van der Waals surface area contributed by atoms with Crippen molar-refractivity contribution >= 4 is 5.97 Å². The van der Waals surface area contributed by atoms with Crippen molar-refractivity contribution in [1.29, 1.82) is 0 Å². The maximum atomic E-state index is 12.6. The SMILES string of the molecule is C[C@H]1C=C2C(=O)O[C@H]3CC[C@@H](C1)[C@@]23OCc1ccc(C(F)(F)F)nc1. The van der Waals surface area contributed by atoms with Crippen molar-refractivity contribution in [3.05, 3.63) is 41.2 Å². The lowest BCUT2D eigenvalue weighted by Gasteiger charge is -2.38. The lowest BCUT2D eigenvalue weighted by atomic mass is 9.73. The number of aromatic nitrogens is 1. The zero-order chi connectivity index (χ0) is 17.8. The Morgan fingerprint density at radius 3 is 2.84 bits per heavy atom. The van der Waals surface area contributed by atoms with Gasteiger partial charge in [-0.15, -0.1) is 0 Å². The van der Waals surface area contributed by atoms with Crippen molar-refractivity contribution in [3.8, 4) is 0 Å². The standard InChI is InChI=1S/C18H18F3NO3/c1-10-6-12-3-5-15-17(12,13(7-10)16(23)25-15)24-9-11-2-4-14(22-8-11)18(19,20)21/h2,4,7-8,10,12,15H,3,5-6,9H2,1H3/t10-,12+,15+,17-/m1/s1. The summed E-state index contributed by atoms with van der Waals surface area (Å²) in [6, 6.07) is 2.31. The Bertz CT molecular complexity index is 728. The summed E-state index contributed by atoms with van der Waals surface area (Å²) in [5.74, 6) is 0.155. The van der Waals surface area contributed by atoms with E-state index in [2.05, 4.69) is 11.9 Å². The van der Waals surface area contributed by atoms with Crippen LogP contribution in [0.1, 0.15) is 37.4 Å². The van der Waals surface area contributed by atoms with E-state index in [0.29, 0.717) is 11.1 Å². The summed E-state index contributed by atoms with van der Waals surface area (Å²) in [5.41, 5.74) is -0.564. The highest BCUT2D eigenvalue weighted by molar-refractivity contribution is 5.94. The maximum absolute atomic E-state index is 12.6. The minimum absolute atomic E-state index is 0.0977. The number of ether oxygens (including phenoxy) is 2. The van der Waals surface area contributed by atoms with Gasteiger partial charge >= 0.3 is 12.1 Å². The highest BCUT2D eigenvalue weighted by atomic mass is 19.4. The van der Waals surface area contributed by atoms with Crippen LogP contribution in [0.3, 0.4) is 0 Å². The zero-order valence-corrected chi connectivity index (χ0v) is 13.7. The fraction of sp³-hybridized carbons (Fsp3) is 0.556. The Hall–Kier alpha value is -1.89. The molecule has 0 amide bonds. The van der Waals surface area contributed by atoms with Crippen LogP contribution in [0.2, 0.25) is 0 Å². The molecular weight excluding hydrogens is 335 g/mol. The number of nitrogens with zero attached hydrogens (tertiary/aromatic N) is 1. The lowest BCUT2D eigenvalue weighted by Crippen LogP contribution is -2.46. The molecule has 0 N–H and O–H groups in total. The van der Waals surface area contributed by atoms with Crippen molar-refractivity contribution in [3.63, 3.8) is 0 Å². The van der Waals surface area contributed by atoms with Crippen LogP contribution in [0, 0.1) is 11.8 Å². The second kappa shape index (κ2) is 5.56. The minimum Gasteiger partial charge on any atom is -0.455 e. The maximum Gasteiger partial charge on any atom is 0.433 e. The van der Waals surface area contributed by atoms with Crippen LogP contribution in [0.5, 0.6) is 0 Å². The predicted octanol–water partition coefficient (Wildman–Crippen LogP) is 3.66. The van der Waals surface area contributed by atoms with Gasteiger partial charge in [0.15, 0.2) is 0 Å². The van der Waals surface area contributed by atoms with E-state index in [1.807, 2.05) is 6.08 Å². The first-order chi connectivity index (χ1) is 11.8. The van der Waals surface area contributed by atoms with E-state index < -0.39 is 17.5 Å². The van der Waals surface area contributed by atoms with Crippen molar-refractivity contribution in [2.75, 3.05) is 0 Å². The van der Waals surface area contributed by atoms with Crippen LogP contribution in [0.4, 0.5) is 13.2 Å². The summed E-state index contributed by atoms with van der Waals surface area (Å²) in [6.07, 6.45) is 0.936. The molecule has 0 radical (unpaired) electrons. The molecule has 0 spiro atoms. The number of alkyl halides is 3. The number of rotatable bonds is 3. The van der Waals surface area contributed by atoms with Crippen LogP contribution >= 0.6 is 0 Å². The van der Waals surface area contributed by atoms with Gasteiger partial charge < -0.3 is 9.47 Å². The summed E-state index contributed by atoms with van der Waals surface area (Å²) in [4.78, 5) is 15.7. The molecule has 2 heterocycles. The minimum atomic E-state index is -4.46. The third-order valence-electron chi connectivity index (χ3n) is 5.45. The molecule has 3 aliphatic rings. The van der Waals surface area contributed by atoms with Gasteiger partial charge in [0.1, 0.15) is 17.4 Å². The molecule has 4 atom stereocenters. The number of hydrogen-bond acceptors (Lipinski definition) is 4. The highest BCUT2D eigenvalue weighted by Gasteiger charge is 2.63. The molecule has 134 valence electrons. The summed E-state index contributed by atoms with van der Waals surface area (Å²) >= 11 is 0. The topological polar surface area (TPSA) is 48.4 Å². The third-order valence-corrected chi connectivity index (χ3v) is 5.45. The van der Waals surface area contributed by atoms with Gasteiger partial charge in [-0.1, -0.05) is 19.1 Å². The van der Waals surface area contributed by atoms with Gasteiger partial charge in [-0.05, 0) is 42.7 Å². The van der Waals surface area contributed by atoms with Gasteiger partial charge in [0.25, 0.3) is 0 Å². The van der Waals surface area contributed by atoms with Crippen LogP contribution in [-0.4, -0.2) is 22.7 Å². The molecule has 4 nitrogen and oxygen atoms in total. The van der Waals surface area contributed by atoms with Crippen molar-refractivity contribution < 1.29 is 27.4 Å². The van der Waals surface area contributed by atoms with Crippen LogP contribution < -0.4 is 0 Å². The number of carbonyl (C=O) groups excluding carboxylic acids is 1. The van der Waals surface area contributed by atoms with E-state index >= 15 is 0 Å². The molecule has 4 rings (SSSR count). The largest absolute Gasteiger partial charge is 0.455 e. The average molecular weight is 353 g/mol. The number of hydrogen-bond donors (Lipinski definition) is 0. The first-order valence-corrected chi connectivity index (χ1v) is 8.40. The number of halogens is 3. The third kappa shape index (κ3) is 2.56. The molecule has 1 aromatic heterocycles. The second-order valence-corrected chi connectivity index (χ2v) is 7.09. The fourth-order valence-corrected chi connectivity index (χ4v) is 4.40. The Morgan fingerprint density at radius 2 is 2.16 bits per heavy atom. The molecule has 2 fully saturated rings. The molecule has 1 aliphatic heterocycles. The highest BCUT2D eigenvalue weighted by Crippen LogP contribution is 2.55. The Balaban J connectivity index is 1.57. The van der Waals surface area contributed by atoms with Crippen molar-refractivity contribution in [2.45, 2.75) is 50.7 Å². The van der Waals surface area contributed by atoms with E-state index in [1.165, 1.54) is 12.3 Å². The number of esters is 1.